The molecule has 2 N–H and O–H groups in total. The molecule has 0 spiro atoms. The highest BCUT2D eigenvalue weighted by Crippen LogP contribution is 2.16. The molecule has 0 saturated carbocycles. The number of aliphatic hydroxyl groups is 1. The fourth-order valence-corrected chi connectivity index (χ4v) is 1.93. The maximum Gasteiger partial charge on any atom is 0.221 e. The van der Waals surface area contributed by atoms with Crippen molar-refractivity contribution in [2.24, 2.45) is 0 Å². The van der Waals surface area contributed by atoms with Gasteiger partial charge in [-0.2, -0.15) is 0 Å². The van der Waals surface area contributed by atoms with E-state index in [0.717, 1.165) is 19.5 Å². The normalized spacial score (nSPS) is 23.4. The fraction of sp³-hybridized carbons (Fsp3) is 0.900. The van der Waals surface area contributed by atoms with Crippen molar-refractivity contribution in [3.8, 4) is 0 Å². The van der Waals surface area contributed by atoms with Gasteiger partial charge in [-0.05, 0) is 19.4 Å². The Balaban J connectivity index is 2.29. The van der Waals surface area contributed by atoms with Crippen molar-refractivity contribution in [3.63, 3.8) is 0 Å². The molecule has 0 aliphatic carbocycles. The minimum absolute atomic E-state index is 0.0762. The molecule has 14 heavy (non-hydrogen) atoms. The van der Waals surface area contributed by atoms with Gasteiger partial charge in [0, 0.05) is 26.1 Å². The van der Waals surface area contributed by atoms with E-state index in [2.05, 4.69) is 10.2 Å². The summed E-state index contributed by atoms with van der Waals surface area (Å²) in [7, 11) is 1.65. The lowest BCUT2D eigenvalue weighted by atomic mass is 10.0. The van der Waals surface area contributed by atoms with Crippen LogP contribution in [0.15, 0.2) is 0 Å². The number of carbonyl (C=O) groups excluding carboxylic acids is 1. The molecule has 1 heterocycles. The van der Waals surface area contributed by atoms with Gasteiger partial charge in [0.25, 0.3) is 0 Å². The van der Waals surface area contributed by atoms with Gasteiger partial charge >= 0.3 is 0 Å². The van der Waals surface area contributed by atoms with Crippen molar-refractivity contribution < 1.29 is 9.90 Å². The number of nitrogens with zero attached hydrogens (tertiary/aromatic N) is 1. The van der Waals surface area contributed by atoms with Crippen LogP contribution >= 0.6 is 0 Å². The van der Waals surface area contributed by atoms with Gasteiger partial charge in [0.05, 0.1) is 6.61 Å². The van der Waals surface area contributed by atoms with Gasteiger partial charge in [0.2, 0.25) is 5.91 Å². The van der Waals surface area contributed by atoms with Crippen molar-refractivity contribution >= 4 is 5.91 Å². The molecular weight excluding hydrogens is 180 g/mol. The van der Waals surface area contributed by atoms with Gasteiger partial charge in [0.15, 0.2) is 0 Å². The Kier molecular flexibility index (Phi) is 4.90. The van der Waals surface area contributed by atoms with Crippen LogP contribution in [0.3, 0.4) is 0 Å². The predicted molar refractivity (Wildman–Crippen MR) is 55.0 cm³/mol. The summed E-state index contributed by atoms with van der Waals surface area (Å²) in [6, 6.07) is 0.272. The second-order valence-electron chi connectivity index (χ2n) is 3.79. The maximum atomic E-state index is 11.0. The van der Waals surface area contributed by atoms with Crippen LogP contribution in [0.5, 0.6) is 0 Å². The molecule has 1 fully saturated rings. The molecule has 1 amide bonds. The summed E-state index contributed by atoms with van der Waals surface area (Å²) in [5.41, 5.74) is 0. The Morgan fingerprint density at radius 2 is 2.36 bits per heavy atom. The highest BCUT2D eigenvalue weighted by molar-refractivity contribution is 5.75. The van der Waals surface area contributed by atoms with E-state index in [1.54, 1.807) is 7.05 Å². The van der Waals surface area contributed by atoms with Gasteiger partial charge in [-0.3, -0.25) is 9.69 Å². The number of hydrogen-bond donors (Lipinski definition) is 2. The first-order valence-corrected chi connectivity index (χ1v) is 5.33. The van der Waals surface area contributed by atoms with Gasteiger partial charge in [-0.1, -0.05) is 6.42 Å². The number of carbonyl (C=O) groups is 1. The molecule has 0 bridgehead atoms. The van der Waals surface area contributed by atoms with Crippen molar-refractivity contribution in [2.75, 3.05) is 26.7 Å². The Hall–Kier alpha value is -0.610. The molecule has 0 aromatic heterocycles. The number of aliphatic hydroxyl groups excluding tert-OH is 1. The molecule has 0 unspecified atom stereocenters. The van der Waals surface area contributed by atoms with E-state index >= 15 is 0 Å². The van der Waals surface area contributed by atoms with Crippen LogP contribution in [-0.2, 0) is 4.79 Å². The van der Waals surface area contributed by atoms with E-state index in [4.69, 9.17) is 5.11 Å². The molecule has 0 aromatic rings. The van der Waals surface area contributed by atoms with Crippen LogP contribution < -0.4 is 5.32 Å². The quantitative estimate of drug-likeness (QED) is 0.670. The molecule has 1 atom stereocenters. The monoisotopic (exact) mass is 200 g/mol. The second-order valence-corrected chi connectivity index (χ2v) is 3.79. The molecule has 1 rings (SSSR count). The molecule has 82 valence electrons. The lowest BCUT2D eigenvalue weighted by molar-refractivity contribution is -0.121. The first kappa shape index (κ1) is 11.5. The molecule has 4 nitrogen and oxygen atoms in total. The lowest BCUT2D eigenvalue weighted by Gasteiger charge is -2.34. The third-order valence-electron chi connectivity index (χ3n) is 2.86. The van der Waals surface area contributed by atoms with Crippen molar-refractivity contribution in [1.82, 2.24) is 10.2 Å². The Labute approximate surface area is 85.3 Å². The zero-order chi connectivity index (χ0) is 10.4. The predicted octanol–water partition coefficient (Wildman–Crippen LogP) is -0.0307. The minimum atomic E-state index is 0.0762. The molecule has 1 aliphatic rings. The number of likely N-dealkylation sites (tertiary alicyclic amines) is 1. The molecule has 1 aliphatic heterocycles. The maximum absolute atomic E-state index is 11.0. The summed E-state index contributed by atoms with van der Waals surface area (Å²) in [6.45, 7) is 2.00. The van der Waals surface area contributed by atoms with E-state index < -0.39 is 0 Å². The van der Waals surface area contributed by atoms with Crippen molar-refractivity contribution in [3.05, 3.63) is 0 Å². The third-order valence-corrected chi connectivity index (χ3v) is 2.86. The third kappa shape index (κ3) is 3.27. The Morgan fingerprint density at radius 1 is 1.57 bits per heavy atom. The Bertz CT molecular complexity index is 185. The molecule has 4 heteroatoms. The average molecular weight is 200 g/mol. The largest absolute Gasteiger partial charge is 0.395 e. The summed E-state index contributed by atoms with van der Waals surface area (Å²) >= 11 is 0. The highest BCUT2D eigenvalue weighted by atomic mass is 16.3. The summed E-state index contributed by atoms with van der Waals surface area (Å²) in [6.07, 6.45) is 3.98. The first-order chi connectivity index (χ1) is 6.77. The highest BCUT2D eigenvalue weighted by Gasteiger charge is 2.21. The summed E-state index contributed by atoms with van der Waals surface area (Å²) < 4.78 is 0. The zero-order valence-corrected chi connectivity index (χ0v) is 8.83. The van der Waals surface area contributed by atoms with Gasteiger partial charge < -0.3 is 10.4 Å². The van der Waals surface area contributed by atoms with Gasteiger partial charge in [-0.15, -0.1) is 0 Å². The number of rotatable bonds is 4. The fourth-order valence-electron chi connectivity index (χ4n) is 1.93. The van der Waals surface area contributed by atoms with E-state index in [1.807, 2.05) is 0 Å². The summed E-state index contributed by atoms with van der Waals surface area (Å²) in [4.78, 5) is 13.3. The van der Waals surface area contributed by atoms with Crippen molar-refractivity contribution in [2.45, 2.75) is 31.7 Å². The smallest absolute Gasteiger partial charge is 0.221 e. The lowest BCUT2D eigenvalue weighted by Crippen LogP contribution is -2.43. The first-order valence-electron chi connectivity index (χ1n) is 5.33. The summed E-state index contributed by atoms with van der Waals surface area (Å²) in [5, 5.41) is 11.8. The molecule has 0 aromatic carbocycles. The zero-order valence-electron chi connectivity index (χ0n) is 8.83. The average Bonchev–Trinajstić information content (AvgIpc) is 2.26. The summed E-state index contributed by atoms with van der Waals surface area (Å²) in [5.74, 6) is 0.0762. The van der Waals surface area contributed by atoms with Gasteiger partial charge in [-0.25, -0.2) is 0 Å². The van der Waals surface area contributed by atoms with Crippen molar-refractivity contribution in [1.29, 1.82) is 0 Å². The minimum Gasteiger partial charge on any atom is -0.395 e. The number of hydrogen-bond acceptors (Lipinski definition) is 3. The molecular formula is C10H20N2O2. The second kappa shape index (κ2) is 5.98. The van der Waals surface area contributed by atoms with Crippen LogP contribution in [0, 0.1) is 0 Å². The van der Waals surface area contributed by atoms with Gasteiger partial charge in [0.1, 0.15) is 0 Å². The van der Waals surface area contributed by atoms with Crippen LogP contribution in [0.25, 0.3) is 0 Å². The van der Waals surface area contributed by atoms with E-state index in [1.165, 1.54) is 12.8 Å². The molecule has 1 saturated heterocycles. The standard InChI is InChI=1S/C10H20N2O2/c1-11-10(14)5-7-12-6-3-2-4-9(12)8-13/h9,13H,2-8H2,1H3,(H,11,14)/t9-/m1/s1. The van der Waals surface area contributed by atoms with Crippen LogP contribution in [0.2, 0.25) is 0 Å². The van der Waals surface area contributed by atoms with Crippen LogP contribution in [-0.4, -0.2) is 48.7 Å². The van der Waals surface area contributed by atoms with E-state index in [-0.39, 0.29) is 18.6 Å². The molecule has 0 radical (unpaired) electrons. The van der Waals surface area contributed by atoms with E-state index in [9.17, 15) is 4.79 Å². The van der Waals surface area contributed by atoms with Crippen LogP contribution in [0.1, 0.15) is 25.7 Å². The number of piperidine rings is 1. The topological polar surface area (TPSA) is 52.6 Å². The van der Waals surface area contributed by atoms with Crippen LogP contribution in [0.4, 0.5) is 0 Å². The number of amides is 1. The Morgan fingerprint density at radius 3 is 3.00 bits per heavy atom. The van der Waals surface area contributed by atoms with E-state index in [0.29, 0.717) is 6.42 Å². The SMILES string of the molecule is CNC(=O)CCN1CCCC[C@@H]1CO. The number of nitrogens with one attached hydrogen (secondary N) is 1.